The Bertz CT molecular complexity index is 965. The fourth-order valence-corrected chi connectivity index (χ4v) is 2.46. The second kappa shape index (κ2) is 6.76. The molecule has 5 nitrogen and oxygen atoms in total. The van der Waals surface area contributed by atoms with Gasteiger partial charge in [0, 0.05) is 28.2 Å². The number of hydrogen-bond donors (Lipinski definition) is 1. The van der Waals surface area contributed by atoms with Crippen LogP contribution in [0.1, 0.15) is 5.56 Å². The van der Waals surface area contributed by atoms with Crippen molar-refractivity contribution in [3.63, 3.8) is 0 Å². The van der Waals surface area contributed by atoms with Crippen LogP contribution in [0.4, 0.5) is 5.69 Å². The average molecular weight is 344 g/mol. The molecule has 1 aromatic heterocycles. The Morgan fingerprint density at radius 2 is 1.96 bits per heavy atom. The fourth-order valence-electron chi connectivity index (χ4n) is 2.23. The molecule has 122 valence electrons. The minimum atomic E-state index is -0.435. The number of benzene rings is 2. The van der Waals surface area contributed by atoms with Gasteiger partial charge in [0.2, 0.25) is 0 Å². The van der Waals surface area contributed by atoms with Crippen LogP contribution in [0.2, 0.25) is 5.02 Å². The summed E-state index contributed by atoms with van der Waals surface area (Å²) in [6.07, 6.45) is 0. The lowest BCUT2D eigenvalue weighted by Gasteiger charge is -2.10. The van der Waals surface area contributed by atoms with Crippen LogP contribution < -0.4 is 15.7 Å². The molecule has 0 saturated heterocycles. The molecule has 0 spiro atoms. The van der Waals surface area contributed by atoms with Gasteiger partial charge in [-0.05, 0) is 48.9 Å². The van der Waals surface area contributed by atoms with Gasteiger partial charge in [0.25, 0.3) is 5.91 Å². The van der Waals surface area contributed by atoms with Crippen LogP contribution in [-0.4, -0.2) is 12.5 Å². The van der Waals surface area contributed by atoms with Crippen LogP contribution in [-0.2, 0) is 4.79 Å². The number of halogens is 1. The Kier molecular flexibility index (Phi) is 4.53. The second-order valence-electron chi connectivity index (χ2n) is 5.25. The highest BCUT2D eigenvalue weighted by Crippen LogP contribution is 2.21. The summed E-state index contributed by atoms with van der Waals surface area (Å²) in [7, 11) is 0. The van der Waals surface area contributed by atoms with Gasteiger partial charge in [-0.3, -0.25) is 4.79 Å². The molecule has 0 aliphatic rings. The zero-order valence-electron chi connectivity index (χ0n) is 12.8. The fraction of sp³-hybridized carbons (Fsp3) is 0.111. The standard InChI is InChI=1S/C18H14ClNO4/c1-11-8-13(19)4-6-15(11)20-17(21)10-23-14-5-2-12-3-7-18(22)24-16(12)9-14/h2-9H,10H2,1H3,(H,20,21). The molecule has 0 aliphatic carbocycles. The van der Waals surface area contributed by atoms with Crippen molar-refractivity contribution in [3.05, 3.63) is 69.5 Å². The zero-order chi connectivity index (χ0) is 17.1. The van der Waals surface area contributed by atoms with Gasteiger partial charge in [0.15, 0.2) is 6.61 Å². The van der Waals surface area contributed by atoms with Gasteiger partial charge in [0.1, 0.15) is 11.3 Å². The van der Waals surface area contributed by atoms with Crippen molar-refractivity contribution in [1.82, 2.24) is 0 Å². The number of amides is 1. The Labute approximate surface area is 142 Å². The number of hydrogen-bond acceptors (Lipinski definition) is 4. The number of carbonyl (C=O) groups is 1. The highest BCUT2D eigenvalue weighted by Gasteiger charge is 2.07. The van der Waals surface area contributed by atoms with E-state index < -0.39 is 5.63 Å². The summed E-state index contributed by atoms with van der Waals surface area (Å²) >= 11 is 5.88. The molecule has 0 saturated carbocycles. The minimum Gasteiger partial charge on any atom is -0.484 e. The number of ether oxygens (including phenoxy) is 1. The maximum Gasteiger partial charge on any atom is 0.336 e. The van der Waals surface area contributed by atoms with E-state index in [9.17, 15) is 9.59 Å². The van der Waals surface area contributed by atoms with Crippen LogP contribution in [0.15, 0.2) is 57.7 Å². The molecule has 0 radical (unpaired) electrons. The first-order valence-electron chi connectivity index (χ1n) is 7.24. The Balaban J connectivity index is 1.66. The van der Waals surface area contributed by atoms with E-state index in [1.807, 2.05) is 6.92 Å². The van der Waals surface area contributed by atoms with Crippen molar-refractivity contribution in [3.8, 4) is 5.75 Å². The lowest BCUT2D eigenvalue weighted by atomic mass is 10.2. The van der Waals surface area contributed by atoms with E-state index in [2.05, 4.69) is 5.32 Å². The van der Waals surface area contributed by atoms with E-state index >= 15 is 0 Å². The summed E-state index contributed by atoms with van der Waals surface area (Å²) in [6.45, 7) is 1.69. The van der Waals surface area contributed by atoms with Gasteiger partial charge in [-0.25, -0.2) is 4.79 Å². The lowest BCUT2D eigenvalue weighted by molar-refractivity contribution is -0.118. The topological polar surface area (TPSA) is 68.5 Å². The number of rotatable bonds is 4. The smallest absolute Gasteiger partial charge is 0.336 e. The molecule has 6 heteroatoms. The minimum absolute atomic E-state index is 0.162. The van der Waals surface area contributed by atoms with Gasteiger partial charge in [-0.15, -0.1) is 0 Å². The summed E-state index contributed by atoms with van der Waals surface area (Å²) in [4.78, 5) is 23.2. The number of carbonyl (C=O) groups excluding carboxylic acids is 1. The molecule has 0 aliphatic heterocycles. The summed E-state index contributed by atoms with van der Waals surface area (Å²) in [6, 6.07) is 13.3. The van der Waals surface area contributed by atoms with Gasteiger partial charge in [-0.1, -0.05) is 11.6 Å². The molecule has 0 atom stereocenters. The first kappa shape index (κ1) is 16.1. The monoisotopic (exact) mass is 343 g/mol. The summed E-state index contributed by atoms with van der Waals surface area (Å²) in [5.74, 6) is 0.148. The number of nitrogens with one attached hydrogen (secondary N) is 1. The number of anilines is 1. The third-order valence-electron chi connectivity index (χ3n) is 3.43. The van der Waals surface area contributed by atoms with Crippen LogP contribution >= 0.6 is 11.6 Å². The molecule has 0 fully saturated rings. The predicted octanol–water partition coefficient (Wildman–Crippen LogP) is 3.77. The Morgan fingerprint density at radius 1 is 1.17 bits per heavy atom. The lowest BCUT2D eigenvalue weighted by Crippen LogP contribution is -2.20. The highest BCUT2D eigenvalue weighted by atomic mass is 35.5. The Hall–Kier alpha value is -2.79. The number of fused-ring (bicyclic) bond motifs is 1. The normalized spacial score (nSPS) is 10.6. The zero-order valence-corrected chi connectivity index (χ0v) is 13.6. The molecular weight excluding hydrogens is 330 g/mol. The molecule has 1 N–H and O–H groups in total. The molecule has 3 aromatic rings. The van der Waals surface area contributed by atoms with E-state index in [1.165, 1.54) is 6.07 Å². The Morgan fingerprint density at radius 3 is 2.75 bits per heavy atom. The first-order valence-corrected chi connectivity index (χ1v) is 7.62. The molecule has 1 heterocycles. The third-order valence-corrected chi connectivity index (χ3v) is 3.66. The van der Waals surface area contributed by atoms with Gasteiger partial charge in [0.05, 0.1) is 0 Å². The van der Waals surface area contributed by atoms with Gasteiger partial charge < -0.3 is 14.5 Å². The molecule has 1 amide bonds. The summed E-state index contributed by atoms with van der Waals surface area (Å²) in [5, 5.41) is 4.15. The molecule has 0 unspecified atom stereocenters. The maximum atomic E-state index is 12.0. The first-order chi connectivity index (χ1) is 11.5. The molecule has 24 heavy (non-hydrogen) atoms. The van der Waals surface area contributed by atoms with Crippen LogP contribution in [0.3, 0.4) is 0 Å². The van der Waals surface area contributed by atoms with E-state index in [4.69, 9.17) is 20.8 Å². The third kappa shape index (κ3) is 3.75. The van der Waals surface area contributed by atoms with E-state index in [1.54, 1.807) is 42.5 Å². The second-order valence-corrected chi connectivity index (χ2v) is 5.69. The van der Waals surface area contributed by atoms with Gasteiger partial charge >= 0.3 is 5.63 Å². The van der Waals surface area contributed by atoms with Gasteiger partial charge in [-0.2, -0.15) is 0 Å². The van der Waals surface area contributed by atoms with Crippen LogP contribution in [0.25, 0.3) is 11.0 Å². The van der Waals surface area contributed by atoms with Crippen molar-refractivity contribution in [2.45, 2.75) is 6.92 Å². The summed E-state index contributed by atoms with van der Waals surface area (Å²) < 4.78 is 10.5. The molecular formula is C18H14ClNO4. The van der Waals surface area contributed by atoms with E-state index in [0.29, 0.717) is 22.0 Å². The largest absolute Gasteiger partial charge is 0.484 e. The van der Waals surface area contributed by atoms with Crippen molar-refractivity contribution in [2.24, 2.45) is 0 Å². The maximum absolute atomic E-state index is 12.0. The van der Waals surface area contributed by atoms with Crippen molar-refractivity contribution >= 4 is 34.2 Å². The SMILES string of the molecule is Cc1cc(Cl)ccc1NC(=O)COc1ccc2ccc(=O)oc2c1. The van der Waals surface area contributed by atoms with E-state index in [0.717, 1.165) is 10.9 Å². The quantitative estimate of drug-likeness (QED) is 0.732. The predicted molar refractivity (Wildman–Crippen MR) is 92.8 cm³/mol. The van der Waals surface area contributed by atoms with Crippen LogP contribution in [0, 0.1) is 6.92 Å². The average Bonchev–Trinajstić information content (AvgIpc) is 2.55. The molecule has 2 aromatic carbocycles. The highest BCUT2D eigenvalue weighted by molar-refractivity contribution is 6.30. The molecule has 3 rings (SSSR count). The molecule has 0 bridgehead atoms. The van der Waals surface area contributed by atoms with Crippen molar-refractivity contribution in [2.75, 3.05) is 11.9 Å². The van der Waals surface area contributed by atoms with Crippen LogP contribution in [0.5, 0.6) is 5.75 Å². The number of aryl methyl sites for hydroxylation is 1. The van der Waals surface area contributed by atoms with Crippen molar-refractivity contribution < 1.29 is 13.9 Å². The van der Waals surface area contributed by atoms with E-state index in [-0.39, 0.29) is 12.5 Å². The summed E-state index contributed by atoms with van der Waals surface area (Å²) in [5.41, 5.74) is 1.52. The van der Waals surface area contributed by atoms with Crippen molar-refractivity contribution in [1.29, 1.82) is 0 Å².